The third kappa shape index (κ3) is 4.26. The fraction of sp³-hybridized carbons (Fsp3) is 1.00. The van der Waals surface area contributed by atoms with Gasteiger partial charge in [0, 0.05) is 11.3 Å². The second kappa shape index (κ2) is 9.57. The van der Waals surface area contributed by atoms with Crippen molar-refractivity contribution in [3.05, 3.63) is 0 Å². The number of hydrogen-bond acceptors (Lipinski definition) is 3. The molecule has 14 unspecified atom stereocenters. The van der Waals surface area contributed by atoms with Crippen LogP contribution in [0.3, 0.4) is 0 Å². The van der Waals surface area contributed by atoms with Crippen molar-refractivity contribution in [2.75, 3.05) is 0 Å². The minimum absolute atomic E-state index is 0.0157. The van der Waals surface area contributed by atoms with Crippen LogP contribution in [0.2, 0.25) is 0 Å². The zero-order valence-corrected chi connectivity index (χ0v) is 24.4. The predicted molar refractivity (Wildman–Crippen MR) is 145 cm³/mol. The van der Waals surface area contributed by atoms with E-state index in [9.17, 15) is 15.3 Å². The molecule has 3 nitrogen and oxygen atoms in total. The van der Waals surface area contributed by atoms with Gasteiger partial charge < -0.3 is 15.3 Å². The smallest absolute Gasteiger partial charge is 0.0656 e. The highest BCUT2D eigenvalue weighted by atomic mass is 16.3. The molecule has 3 heteroatoms. The van der Waals surface area contributed by atoms with Gasteiger partial charge in [0.05, 0.1) is 18.3 Å². The van der Waals surface area contributed by atoms with Crippen molar-refractivity contribution in [1.29, 1.82) is 0 Å². The molecule has 3 N–H and O–H groups in total. The second-order valence-electron chi connectivity index (χ2n) is 15.5. The molecule has 0 aromatic rings. The highest BCUT2D eigenvalue weighted by Gasteiger charge is 2.70. The molecule has 4 rings (SSSR count). The number of rotatable bonds is 5. The molecule has 0 bridgehead atoms. The molecule has 0 aliphatic heterocycles. The van der Waals surface area contributed by atoms with Gasteiger partial charge in [0.25, 0.3) is 0 Å². The first-order chi connectivity index (χ1) is 16.2. The van der Waals surface area contributed by atoms with E-state index in [1.165, 1.54) is 38.5 Å². The molecule has 0 amide bonds. The number of fused-ring (bicyclic) bond motifs is 3. The fourth-order valence-electron chi connectivity index (χ4n) is 11.3. The summed E-state index contributed by atoms with van der Waals surface area (Å²) in [6.07, 6.45) is 8.63. The van der Waals surface area contributed by atoms with E-state index in [0.717, 1.165) is 24.7 Å². The molecular weight excluding hydrogens is 432 g/mol. The molecule has 204 valence electrons. The van der Waals surface area contributed by atoms with E-state index in [-0.39, 0.29) is 40.1 Å². The first-order valence-corrected chi connectivity index (χ1v) is 15.2. The molecule has 0 aromatic carbocycles. The van der Waals surface area contributed by atoms with Crippen molar-refractivity contribution >= 4 is 0 Å². The Bertz CT molecular complexity index is 749. The van der Waals surface area contributed by atoms with Crippen molar-refractivity contribution in [2.24, 2.45) is 69.5 Å². The van der Waals surface area contributed by atoms with Crippen LogP contribution in [0.1, 0.15) is 114 Å². The highest BCUT2D eigenvalue weighted by molar-refractivity contribution is 5.18. The molecule has 0 heterocycles. The molecule has 0 spiro atoms. The Labute approximate surface area is 216 Å². The summed E-state index contributed by atoms with van der Waals surface area (Å²) in [7, 11) is 0. The SMILES string of the molecule is CC(C)CCCC1CCC(C)C2C(O)C3C(C)C4(C)C(O)C(C(C)O)C(C)CC4(C)CC3(C)CC12. The van der Waals surface area contributed by atoms with Gasteiger partial charge >= 0.3 is 0 Å². The lowest BCUT2D eigenvalue weighted by molar-refractivity contribution is -0.279. The molecule has 14 atom stereocenters. The van der Waals surface area contributed by atoms with E-state index in [1.54, 1.807) is 0 Å². The van der Waals surface area contributed by atoms with Gasteiger partial charge in [-0.3, -0.25) is 0 Å². The lowest BCUT2D eigenvalue weighted by Crippen LogP contribution is -2.70. The molecule has 0 saturated heterocycles. The van der Waals surface area contributed by atoms with Crippen LogP contribution in [0.5, 0.6) is 0 Å². The summed E-state index contributed by atoms with van der Waals surface area (Å²) in [5.41, 5.74) is -0.172. The number of aliphatic hydroxyl groups is 3. The summed E-state index contributed by atoms with van der Waals surface area (Å²) in [5.74, 6) is 3.80. The minimum atomic E-state index is -0.534. The number of aliphatic hydroxyl groups excluding tert-OH is 3. The van der Waals surface area contributed by atoms with Gasteiger partial charge in [-0.05, 0) is 90.8 Å². The summed E-state index contributed by atoms with van der Waals surface area (Å²) < 4.78 is 0. The van der Waals surface area contributed by atoms with Gasteiger partial charge in [-0.25, -0.2) is 0 Å². The van der Waals surface area contributed by atoms with Crippen LogP contribution < -0.4 is 0 Å². The normalized spacial score (nSPS) is 55.1. The molecular formula is C32H58O3. The molecule has 4 fully saturated rings. The molecule has 4 saturated carbocycles. The summed E-state index contributed by atoms with van der Waals surface area (Å²) in [4.78, 5) is 0. The first kappa shape index (κ1) is 27.9. The topological polar surface area (TPSA) is 60.7 Å². The third-order valence-electron chi connectivity index (χ3n) is 12.9. The maximum atomic E-state index is 12.2. The van der Waals surface area contributed by atoms with Crippen LogP contribution in [0.15, 0.2) is 0 Å². The van der Waals surface area contributed by atoms with Crippen molar-refractivity contribution in [1.82, 2.24) is 0 Å². The summed E-state index contributed by atoms with van der Waals surface area (Å²) in [6.45, 7) is 20.8. The Kier molecular flexibility index (Phi) is 7.63. The summed E-state index contributed by atoms with van der Waals surface area (Å²) in [5, 5.41) is 34.7. The van der Waals surface area contributed by atoms with Crippen molar-refractivity contribution in [2.45, 2.75) is 132 Å². The van der Waals surface area contributed by atoms with Crippen LogP contribution in [-0.4, -0.2) is 33.6 Å². The molecule has 35 heavy (non-hydrogen) atoms. The van der Waals surface area contributed by atoms with E-state index >= 15 is 0 Å². The minimum Gasteiger partial charge on any atom is -0.393 e. The van der Waals surface area contributed by atoms with Gasteiger partial charge in [0.2, 0.25) is 0 Å². The zero-order valence-electron chi connectivity index (χ0n) is 24.4. The predicted octanol–water partition coefficient (Wildman–Crippen LogP) is 6.93. The first-order valence-electron chi connectivity index (χ1n) is 15.2. The van der Waals surface area contributed by atoms with Crippen LogP contribution in [0, 0.1) is 69.5 Å². The van der Waals surface area contributed by atoms with Gasteiger partial charge in [-0.1, -0.05) is 81.1 Å². The molecule has 0 aromatic heterocycles. The molecule has 4 aliphatic carbocycles. The van der Waals surface area contributed by atoms with Crippen LogP contribution in [-0.2, 0) is 0 Å². The van der Waals surface area contributed by atoms with E-state index in [4.69, 9.17) is 0 Å². The Morgan fingerprint density at radius 2 is 1.57 bits per heavy atom. The average Bonchev–Trinajstić information content (AvgIpc) is 2.71. The molecule has 4 aliphatic rings. The Morgan fingerprint density at radius 1 is 0.914 bits per heavy atom. The largest absolute Gasteiger partial charge is 0.393 e. The maximum Gasteiger partial charge on any atom is 0.0656 e. The van der Waals surface area contributed by atoms with E-state index in [2.05, 4.69) is 55.4 Å². The Balaban J connectivity index is 1.68. The maximum absolute atomic E-state index is 12.2. The fourth-order valence-corrected chi connectivity index (χ4v) is 11.3. The van der Waals surface area contributed by atoms with Crippen LogP contribution in [0.4, 0.5) is 0 Å². The van der Waals surface area contributed by atoms with Gasteiger partial charge in [0.15, 0.2) is 0 Å². The lowest BCUT2D eigenvalue weighted by Gasteiger charge is -2.72. The van der Waals surface area contributed by atoms with E-state index in [0.29, 0.717) is 23.7 Å². The lowest BCUT2D eigenvalue weighted by atomic mass is 9.34. The number of hydrogen-bond donors (Lipinski definition) is 3. The Hall–Kier alpha value is -0.120. The molecule has 0 radical (unpaired) electrons. The summed E-state index contributed by atoms with van der Waals surface area (Å²) in [6, 6.07) is 0. The van der Waals surface area contributed by atoms with Crippen molar-refractivity contribution in [3.63, 3.8) is 0 Å². The van der Waals surface area contributed by atoms with E-state index in [1.807, 2.05) is 6.92 Å². The van der Waals surface area contributed by atoms with Gasteiger partial charge in [-0.2, -0.15) is 0 Å². The second-order valence-corrected chi connectivity index (χ2v) is 15.5. The van der Waals surface area contributed by atoms with E-state index < -0.39 is 12.2 Å². The summed E-state index contributed by atoms with van der Waals surface area (Å²) >= 11 is 0. The highest BCUT2D eigenvalue weighted by Crippen LogP contribution is 2.73. The standard InChI is InChI=1S/C32H58O3/c1-18(2)11-10-12-23-14-13-19(3)26-24(23)16-30(7)17-31(8)15-20(4)25(22(6)33)29(35)32(31,9)21(5)27(30)28(26)34/h18-29,33-35H,10-17H2,1-9H3. The van der Waals surface area contributed by atoms with Crippen molar-refractivity contribution < 1.29 is 15.3 Å². The van der Waals surface area contributed by atoms with Crippen LogP contribution in [0.25, 0.3) is 0 Å². The van der Waals surface area contributed by atoms with Crippen LogP contribution >= 0.6 is 0 Å². The monoisotopic (exact) mass is 490 g/mol. The van der Waals surface area contributed by atoms with Crippen molar-refractivity contribution in [3.8, 4) is 0 Å². The Morgan fingerprint density at radius 3 is 2.17 bits per heavy atom. The third-order valence-corrected chi connectivity index (χ3v) is 12.9. The van der Waals surface area contributed by atoms with Gasteiger partial charge in [0.1, 0.15) is 0 Å². The van der Waals surface area contributed by atoms with Gasteiger partial charge in [-0.15, -0.1) is 0 Å². The quantitative estimate of drug-likeness (QED) is 0.392. The average molecular weight is 491 g/mol. The zero-order chi connectivity index (χ0) is 26.1.